The molecule has 0 aliphatic carbocycles. The molecule has 0 heterocycles. The third kappa shape index (κ3) is 2.94. The molecule has 0 spiro atoms. The molecule has 0 aliphatic rings. The van der Waals surface area contributed by atoms with Crippen LogP contribution in [0.1, 0.15) is 20.8 Å². The van der Waals surface area contributed by atoms with Gasteiger partial charge in [0.05, 0.1) is 5.69 Å². The summed E-state index contributed by atoms with van der Waals surface area (Å²) in [5.74, 6) is -2.11. The van der Waals surface area contributed by atoms with Gasteiger partial charge in [0.1, 0.15) is 0 Å². The van der Waals surface area contributed by atoms with Crippen LogP contribution in [-0.2, 0) is 0 Å². The van der Waals surface area contributed by atoms with E-state index in [2.05, 4.69) is 15.9 Å². The molecular formula is C11H12BrF2NO2. The van der Waals surface area contributed by atoms with E-state index in [1.165, 1.54) is 0 Å². The molecule has 0 fully saturated rings. The lowest BCUT2D eigenvalue weighted by Crippen LogP contribution is -2.45. The van der Waals surface area contributed by atoms with Gasteiger partial charge in [-0.05, 0) is 42.8 Å². The van der Waals surface area contributed by atoms with Crippen LogP contribution in [-0.4, -0.2) is 16.7 Å². The fourth-order valence-electron chi connectivity index (χ4n) is 1.43. The fraction of sp³-hybridized carbons (Fsp3) is 0.364. The lowest BCUT2D eigenvalue weighted by Gasteiger charge is -2.33. The van der Waals surface area contributed by atoms with Crippen LogP contribution in [0.15, 0.2) is 16.6 Å². The van der Waals surface area contributed by atoms with Gasteiger partial charge < -0.3 is 5.11 Å². The van der Waals surface area contributed by atoms with E-state index in [-0.39, 0.29) is 10.2 Å². The summed E-state index contributed by atoms with van der Waals surface area (Å²) in [7, 11) is 0. The van der Waals surface area contributed by atoms with E-state index < -0.39 is 23.3 Å². The van der Waals surface area contributed by atoms with Crippen molar-refractivity contribution in [2.45, 2.75) is 26.3 Å². The van der Waals surface area contributed by atoms with E-state index in [4.69, 9.17) is 5.11 Å². The molecule has 0 bridgehead atoms. The first-order valence-corrected chi connectivity index (χ1v) is 5.61. The Morgan fingerprint density at radius 3 is 2.18 bits per heavy atom. The Balaban J connectivity index is 3.39. The molecular weight excluding hydrogens is 296 g/mol. The van der Waals surface area contributed by atoms with Crippen LogP contribution in [0.25, 0.3) is 0 Å². The number of carboxylic acid groups (broad SMARTS) is 1. The number of halogens is 3. The van der Waals surface area contributed by atoms with Crippen LogP contribution in [0.2, 0.25) is 0 Å². The van der Waals surface area contributed by atoms with Gasteiger partial charge in [0.15, 0.2) is 11.6 Å². The average Bonchev–Trinajstić information content (AvgIpc) is 2.11. The largest absolute Gasteiger partial charge is 0.465 e. The lowest BCUT2D eigenvalue weighted by atomic mass is 10.1. The minimum atomic E-state index is -1.23. The summed E-state index contributed by atoms with van der Waals surface area (Å²) < 4.78 is 26.3. The molecule has 1 amide bonds. The van der Waals surface area contributed by atoms with Gasteiger partial charge >= 0.3 is 6.09 Å². The molecule has 3 nitrogen and oxygen atoms in total. The van der Waals surface area contributed by atoms with E-state index in [1.54, 1.807) is 20.8 Å². The summed E-state index contributed by atoms with van der Waals surface area (Å²) in [5.41, 5.74) is -0.692. The molecule has 1 aromatic rings. The third-order valence-electron chi connectivity index (χ3n) is 2.09. The van der Waals surface area contributed by atoms with Crippen molar-refractivity contribution in [2.75, 3.05) is 4.90 Å². The standard InChI is InChI=1S/C11H12BrF2NO2/c1-11(2,3)15(10(16)17)9-5-8(14)7(13)4-6(9)12/h4-5H,1-3H3,(H,16,17). The monoisotopic (exact) mass is 307 g/mol. The zero-order valence-electron chi connectivity index (χ0n) is 9.59. The van der Waals surface area contributed by atoms with Crippen LogP contribution in [0.3, 0.4) is 0 Å². The third-order valence-corrected chi connectivity index (χ3v) is 2.73. The van der Waals surface area contributed by atoms with Crippen molar-refractivity contribution in [3.8, 4) is 0 Å². The van der Waals surface area contributed by atoms with Gasteiger partial charge in [0, 0.05) is 16.1 Å². The van der Waals surface area contributed by atoms with E-state index >= 15 is 0 Å². The predicted molar refractivity (Wildman–Crippen MR) is 64.3 cm³/mol. The molecule has 0 aromatic heterocycles. The molecule has 0 atom stereocenters. The smallest absolute Gasteiger partial charge is 0.412 e. The quantitative estimate of drug-likeness (QED) is 0.796. The summed E-state index contributed by atoms with van der Waals surface area (Å²) in [6.07, 6.45) is -1.23. The van der Waals surface area contributed by atoms with Gasteiger partial charge in [-0.15, -0.1) is 0 Å². The van der Waals surface area contributed by atoms with Crippen molar-refractivity contribution in [1.82, 2.24) is 0 Å². The molecule has 1 N–H and O–H groups in total. The van der Waals surface area contributed by atoms with Gasteiger partial charge in [-0.25, -0.2) is 13.6 Å². The normalized spacial score (nSPS) is 11.4. The number of hydrogen-bond donors (Lipinski definition) is 1. The number of anilines is 1. The van der Waals surface area contributed by atoms with Crippen LogP contribution in [0.4, 0.5) is 19.3 Å². The van der Waals surface area contributed by atoms with Crippen LogP contribution in [0.5, 0.6) is 0 Å². The first-order chi connectivity index (χ1) is 7.64. The molecule has 0 saturated heterocycles. The Bertz CT molecular complexity index is 458. The topological polar surface area (TPSA) is 40.5 Å². The summed E-state index contributed by atoms with van der Waals surface area (Å²) in [4.78, 5) is 12.2. The van der Waals surface area contributed by atoms with Crippen molar-refractivity contribution in [1.29, 1.82) is 0 Å². The van der Waals surface area contributed by atoms with Crippen molar-refractivity contribution >= 4 is 27.7 Å². The first-order valence-electron chi connectivity index (χ1n) is 4.82. The number of rotatable bonds is 1. The predicted octanol–water partition coefficient (Wildman–Crippen LogP) is 4.01. The molecule has 1 rings (SSSR count). The second-order valence-corrected chi connectivity index (χ2v) is 5.36. The molecule has 0 aliphatic heterocycles. The minimum absolute atomic E-state index is 0.0731. The Labute approximate surface area is 106 Å². The lowest BCUT2D eigenvalue weighted by molar-refractivity contribution is 0.195. The van der Waals surface area contributed by atoms with Crippen molar-refractivity contribution in [3.63, 3.8) is 0 Å². The van der Waals surface area contributed by atoms with Gasteiger partial charge in [0.25, 0.3) is 0 Å². The van der Waals surface area contributed by atoms with E-state index in [0.29, 0.717) is 0 Å². The molecule has 17 heavy (non-hydrogen) atoms. The molecule has 6 heteroatoms. The fourth-order valence-corrected chi connectivity index (χ4v) is 1.93. The number of nitrogens with zero attached hydrogens (tertiary/aromatic N) is 1. The number of carbonyl (C=O) groups is 1. The van der Waals surface area contributed by atoms with Gasteiger partial charge in [-0.2, -0.15) is 0 Å². The summed E-state index contributed by atoms with van der Waals surface area (Å²) in [6, 6.07) is 1.77. The van der Waals surface area contributed by atoms with Crippen LogP contribution < -0.4 is 4.90 Å². The SMILES string of the molecule is CC(C)(C)N(C(=O)O)c1cc(F)c(F)cc1Br. The van der Waals surface area contributed by atoms with Crippen molar-refractivity contribution in [3.05, 3.63) is 28.2 Å². The molecule has 0 unspecified atom stereocenters. The molecule has 0 saturated carbocycles. The maximum Gasteiger partial charge on any atom is 0.412 e. The van der Waals surface area contributed by atoms with Crippen LogP contribution in [0, 0.1) is 11.6 Å². The average molecular weight is 308 g/mol. The van der Waals surface area contributed by atoms with E-state index in [9.17, 15) is 13.6 Å². The molecule has 1 aromatic carbocycles. The van der Waals surface area contributed by atoms with Crippen LogP contribution >= 0.6 is 15.9 Å². The minimum Gasteiger partial charge on any atom is -0.465 e. The highest BCUT2D eigenvalue weighted by molar-refractivity contribution is 9.10. The Morgan fingerprint density at radius 1 is 1.29 bits per heavy atom. The highest BCUT2D eigenvalue weighted by atomic mass is 79.9. The van der Waals surface area contributed by atoms with Gasteiger partial charge in [-0.1, -0.05) is 0 Å². The van der Waals surface area contributed by atoms with Crippen molar-refractivity contribution < 1.29 is 18.7 Å². The zero-order chi connectivity index (χ0) is 13.4. The number of benzene rings is 1. The molecule has 94 valence electrons. The first kappa shape index (κ1) is 13.9. The Morgan fingerprint density at radius 2 is 1.76 bits per heavy atom. The van der Waals surface area contributed by atoms with E-state index in [0.717, 1.165) is 17.0 Å². The van der Waals surface area contributed by atoms with Gasteiger partial charge in [0.2, 0.25) is 0 Å². The maximum atomic E-state index is 13.2. The highest BCUT2D eigenvalue weighted by Crippen LogP contribution is 2.33. The highest BCUT2D eigenvalue weighted by Gasteiger charge is 2.30. The second kappa shape index (κ2) is 4.60. The number of hydrogen-bond acceptors (Lipinski definition) is 1. The van der Waals surface area contributed by atoms with Crippen molar-refractivity contribution in [2.24, 2.45) is 0 Å². The maximum absolute atomic E-state index is 13.2. The summed E-state index contributed by atoms with van der Waals surface area (Å²) in [6.45, 7) is 4.98. The van der Waals surface area contributed by atoms with E-state index in [1.807, 2.05) is 0 Å². The molecule has 0 radical (unpaired) electrons. The summed E-state index contributed by atoms with van der Waals surface area (Å²) >= 11 is 3.03. The Kier molecular flexibility index (Phi) is 3.76. The Hall–Kier alpha value is -1.17. The van der Waals surface area contributed by atoms with Gasteiger partial charge in [-0.3, -0.25) is 4.90 Å². The second-order valence-electron chi connectivity index (χ2n) is 4.51. The zero-order valence-corrected chi connectivity index (χ0v) is 11.2. The summed E-state index contributed by atoms with van der Waals surface area (Å²) in [5, 5.41) is 9.14. The number of amides is 1.